The van der Waals surface area contributed by atoms with Crippen LogP contribution < -0.4 is 9.88 Å². The van der Waals surface area contributed by atoms with Crippen LogP contribution in [-0.2, 0) is 16.4 Å². The predicted molar refractivity (Wildman–Crippen MR) is 101 cm³/mol. The number of halogens is 1. The molecule has 0 unspecified atom stereocenters. The van der Waals surface area contributed by atoms with E-state index in [1.54, 1.807) is 6.07 Å². The lowest BCUT2D eigenvalue weighted by Gasteiger charge is -2.30. The highest BCUT2D eigenvalue weighted by molar-refractivity contribution is 7.89. The zero-order chi connectivity index (χ0) is 18.3. The third kappa shape index (κ3) is 3.34. The molecule has 0 saturated carbocycles. The molecule has 138 valence electrons. The van der Waals surface area contributed by atoms with Gasteiger partial charge in [0.1, 0.15) is 11.9 Å². The molecule has 1 fully saturated rings. The second-order valence-electron chi connectivity index (χ2n) is 6.89. The van der Waals surface area contributed by atoms with Crippen LogP contribution in [-0.4, -0.2) is 32.4 Å². The number of sulfonamides is 1. The van der Waals surface area contributed by atoms with Crippen LogP contribution in [0.1, 0.15) is 30.1 Å². The topological polar surface area (TPSA) is 72.6 Å². The lowest BCUT2D eigenvalue weighted by Crippen LogP contribution is -2.38. The highest BCUT2D eigenvalue weighted by atomic mass is 35.5. The summed E-state index contributed by atoms with van der Waals surface area (Å²) in [6, 6.07) is 13.0. The minimum absolute atomic E-state index is 0.0160. The molecule has 1 heterocycles. The number of ether oxygens (including phenoxy) is 1. The van der Waals surface area contributed by atoms with Gasteiger partial charge in [0.25, 0.3) is 0 Å². The van der Waals surface area contributed by atoms with Crippen molar-refractivity contribution in [2.45, 2.75) is 36.3 Å². The Morgan fingerprint density at radius 2 is 1.85 bits per heavy atom. The fourth-order valence-corrected chi connectivity index (χ4v) is 4.79. The van der Waals surface area contributed by atoms with Crippen molar-refractivity contribution < 1.29 is 13.2 Å². The Bertz CT molecular complexity index is 926. The molecule has 2 N–H and O–H groups in total. The maximum absolute atomic E-state index is 11.5. The highest BCUT2D eigenvalue weighted by Crippen LogP contribution is 2.40. The summed E-state index contributed by atoms with van der Waals surface area (Å²) in [6.07, 6.45) is 3.25. The van der Waals surface area contributed by atoms with E-state index >= 15 is 0 Å². The molecule has 1 aliphatic carbocycles. The molecular weight excluding hydrogens is 372 g/mol. The molecule has 0 bridgehead atoms. The van der Waals surface area contributed by atoms with E-state index in [1.807, 2.05) is 6.07 Å². The molecule has 7 heteroatoms. The van der Waals surface area contributed by atoms with Crippen molar-refractivity contribution in [1.29, 1.82) is 0 Å². The second kappa shape index (κ2) is 6.85. The molecule has 1 saturated heterocycles. The molecule has 2 aromatic carbocycles. The first-order valence-electron chi connectivity index (χ1n) is 8.74. The van der Waals surface area contributed by atoms with E-state index in [4.69, 9.17) is 21.5 Å². The van der Waals surface area contributed by atoms with Gasteiger partial charge in [-0.25, -0.2) is 13.6 Å². The van der Waals surface area contributed by atoms with E-state index in [0.29, 0.717) is 5.75 Å². The number of nitrogens with two attached hydrogens (primary N) is 1. The Balaban J connectivity index is 1.66. The Labute approximate surface area is 158 Å². The van der Waals surface area contributed by atoms with Gasteiger partial charge in [0.05, 0.1) is 16.0 Å². The molecule has 2 aliphatic rings. The van der Waals surface area contributed by atoms with Crippen LogP contribution in [0.2, 0.25) is 5.02 Å². The van der Waals surface area contributed by atoms with Gasteiger partial charge in [-0.1, -0.05) is 35.9 Å². The first-order chi connectivity index (χ1) is 12.4. The average molecular weight is 393 g/mol. The maximum atomic E-state index is 11.5. The summed E-state index contributed by atoms with van der Waals surface area (Å²) in [5.74, 6) is 0.477. The molecule has 0 amide bonds. The Morgan fingerprint density at radius 3 is 2.54 bits per heavy atom. The van der Waals surface area contributed by atoms with Gasteiger partial charge >= 0.3 is 0 Å². The summed E-state index contributed by atoms with van der Waals surface area (Å²) in [4.78, 5) is 2.47. The first-order valence-corrected chi connectivity index (χ1v) is 10.7. The van der Waals surface area contributed by atoms with E-state index in [2.05, 4.69) is 23.1 Å². The number of primary sulfonamides is 1. The number of likely N-dealkylation sites (tertiary alicyclic amines) is 1. The third-order valence-corrected chi connectivity index (χ3v) is 6.44. The summed E-state index contributed by atoms with van der Waals surface area (Å²) in [6.45, 7) is 2.16. The highest BCUT2D eigenvalue weighted by Gasteiger charge is 2.39. The van der Waals surface area contributed by atoms with E-state index in [-0.39, 0.29) is 22.1 Å². The molecule has 2 aromatic rings. The van der Waals surface area contributed by atoms with E-state index in [9.17, 15) is 8.42 Å². The summed E-state index contributed by atoms with van der Waals surface area (Å²) >= 11 is 6.29. The summed E-state index contributed by atoms with van der Waals surface area (Å²) in [5.41, 5.74) is 2.47. The second-order valence-corrected chi connectivity index (χ2v) is 8.86. The van der Waals surface area contributed by atoms with Crippen molar-refractivity contribution in [2.24, 2.45) is 5.14 Å². The Morgan fingerprint density at radius 1 is 1.12 bits per heavy atom. The van der Waals surface area contributed by atoms with Crippen LogP contribution in [0.15, 0.2) is 47.4 Å². The summed E-state index contributed by atoms with van der Waals surface area (Å²) < 4.78 is 29.3. The van der Waals surface area contributed by atoms with Gasteiger partial charge in [0.2, 0.25) is 10.0 Å². The molecule has 4 rings (SSSR count). The monoisotopic (exact) mass is 392 g/mol. The first kappa shape index (κ1) is 17.8. The van der Waals surface area contributed by atoms with Crippen molar-refractivity contribution in [3.05, 3.63) is 58.6 Å². The Hall–Kier alpha value is -1.60. The van der Waals surface area contributed by atoms with Crippen molar-refractivity contribution >= 4 is 21.6 Å². The van der Waals surface area contributed by atoms with Crippen LogP contribution in [0.4, 0.5) is 0 Å². The van der Waals surface area contributed by atoms with Gasteiger partial charge in [0, 0.05) is 0 Å². The smallest absolute Gasteiger partial charge is 0.238 e. The fourth-order valence-electron chi connectivity index (χ4n) is 3.96. The van der Waals surface area contributed by atoms with Crippen LogP contribution in [0, 0.1) is 0 Å². The predicted octanol–water partition coefficient (Wildman–Crippen LogP) is 3.13. The molecule has 0 aromatic heterocycles. The number of benzene rings is 2. The van der Waals surface area contributed by atoms with Crippen molar-refractivity contribution in [3.63, 3.8) is 0 Å². The fraction of sp³-hybridized carbons (Fsp3) is 0.368. The van der Waals surface area contributed by atoms with Gasteiger partial charge in [-0.2, -0.15) is 0 Å². The number of hydrogen-bond acceptors (Lipinski definition) is 4. The zero-order valence-electron chi connectivity index (χ0n) is 14.3. The molecule has 2 atom stereocenters. The summed E-state index contributed by atoms with van der Waals surface area (Å²) in [5, 5.41) is 5.42. The normalized spacial score (nSPS) is 23.2. The number of rotatable bonds is 4. The lowest BCUT2D eigenvalue weighted by molar-refractivity contribution is 0.0941. The van der Waals surface area contributed by atoms with Gasteiger partial charge in [-0.05, 0) is 61.7 Å². The average Bonchev–Trinajstić information content (AvgIpc) is 3.24. The van der Waals surface area contributed by atoms with E-state index < -0.39 is 10.0 Å². The minimum atomic E-state index is -3.79. The molecule has 1 aliphatic heterocycles. The van der Waals surface area contributed by atoms with E-state index in [1.165, 1.54) is 36.1 Å². The van der Waals surface area contributed by atoms with Gasteiger partial charge in [-0.15, -0.1) is 0 Å². The third-order valence-electron chi connectivity index (χ3n) is 5.24. The quantitative estimate of drug-likeness (QED) is 0.867. The van der Waals surface area contributed by atoms with Crippen molar-refractivity contribution in [1.82, 2.24) is 4.90 Å². The molecule has 26 heavy (non-hydrogen) atoms. The van der Waals surface area contributed by atoms with Crippen molar-refractivity contribution in [3.8, 4) is 5.75 Å². The lowest BCUT2D eigenvalue weighted by atomic mass is 10.1. The van der Waals surface area contributed by atoms with Crippen molar-refractivity contribution in [2.75, 3.05) is 13.1 Å². The number of nitrogens with zero attached hydrogens (tertiary/aromatic N) is 1. The van der Waals surface area contributed by atoms with Crippen LogP contribution >= 0.6 is 11.6 Å². The maximum Gasteiger partial charge on any atom is 0.238 e. The molecular formula is C19H21ClN2O3S. The van der Waals surface area contributed by atoms with Gasteiger partial charge < -0.3 is 4.74 Å². The van der Waals surface area contributed by atoms with Crippen LogP contribution in [0.25, 0.3) is 0 Å². The standard InChI is InChI=1S/C19H21ClN2O3S/c20-16-12-14(26(21,23)24)7-8-18(16)25-19-15-6-2-1-5-13(15)11-17(19)22-9-3-4-10-22/h1-2,5-8,12,17,19H,3-4,9-11H2,(H2,21,23,24)/t17-,19-/m0/s1. The minimum Gasteiger partial charge on any atom is -0.482 e. The number of fused-ring (bicyclic) bond motifs is 1. The molecule has 5 nitrogen and oxygen atoms in total. The molecule has 0 spiro atoms. The Kier molecular flexibility index (Phi) is 4.69. The van der Waals surface area contributed by atoms with Gasteiger partial charge in [0.15, 0.2) is 0 Å². The van der Waals surface area contributed by atoms with E-state index in [0.717, 1.165) is 19.5 Å². The molecule has 0 radical (unpaired) electrons. The van der Waals surface area contributed by atoms with Gasteiger partial charge in [-0.3, -0.25) is 4.90 Å². The van der Waals surface area contributed by atoms with Crippen LogP contribution in [0.5, 0.6) is 5.75 Å². The van der Waals surface area contributed by atoms with Crippen LogP contribution in [0.3, 0.4) is 0 Å². The zero-order valence-corrected chi connectivity index (χ0v) is 15.8. The number of hydrogen-bond donors (Lipinski definition) is 1. The largest absolute Gasteiger partial charge is 0.482 e. The SMILES string of the molecule is NS(=O)(=O)c1ccc(O[C@H]2c3ccccc3C[C@@H]2N2CCCC2)c(Cl)c1. The summed E-state index contributed by atoms with van der Waals surface area (Å²) in [7, 11) is -3.79.